The number of benzene rings is 1. The van der Waals surface area contributed by atoms with E-state index in [2.05, 4.69) is 0 Å². The lowest BCUT2D eigenvalue weighted by Gasteiger charge is -2.11. The molecule has 0 saturated carbocycles. The lowest BCUT2D eigenvalue weighted by atomic mass is 10.1. The zero-order valence-corrected chi connectivity index (χ0v) is 7.47. The standard InChI is InChI=1S/C8H5Cl2O2/c9-8(10,7(11)12)6-4-2-1-3-5-6/h1-5H. The maximum atomic E-state index is 10.4. The molecule has 0 amide bonds. The smallest absolute Gasteiger partial charge is 0.243 e. The molecule has 2 nitrogen and oxygen atoms in total. The van der Waals surface area contributed by atoms with Gasteiger partial charge in [-0.3, -0.25) is 0 Å². The Labute approximate surface area is 79.7 Å². The fourth-order valence-corrected chi connectivity index (χ4v) is 1.02. The molecular formula is C8H5Cl2O2. The van der Waals surface area contributed by atoms with Gasteiger partial charge in [0.05, 0.1) is 0 Å². The van der Waals surface area contributed by atoms with Gasteiger partial charge in [0.15, 0.2) is 0 Å². The number of hydrogen-bond donors (Lipinski definition) is 0. The zero-order chi connectivity index (χ0) is 9.19. The number of carbonyl (C=O) groups excluding carboxylic acids is 1. The van der Waals surface area contributed by atoms with Gasteiger partial charge in [0.2, 0.25) is 4.33 Å². The minimum Gasteiger partial charge on any atom is -0.243 e. The molecule has 1 radical (unpaired) electrons. The van der Waals surface area contributed by atoms with Crippen molar-refractivity contribution in [1.29, 1.82) is 0 Å². The number of rotatable bonds is 2. The largest absolute Gasteiger partial charge is 0.395 e. The van der Waals surface area contributed by atoms with Crippen LogP contribution in [-0.2, 0) is 14.2 Å². The molecule has 0 bridgehead atoms. The number of hydrogen-bond acceptors (Lipinski definition) is 1. The van der Waals surface area contributed by atoms with Crippen LogP contribution in [-0.4, -0.2) is 5.97 Å². The van der Waals surface area contributed by atoms with Gasteiger partial charge in [-0.25, -0.2) is 9.90 Å². The van der Waals surface area contributed by atoms with E-state index in [-0.39, 0.29) is 0 Å². The first-order valence-electron chi connectivity index (χ1n) is 3.20. The van der Waals surface area contributed by atoms with Gasteiger partial charge in [-0.2, -0.15) is 0 Å². The SMILES string of the molecule is [O]C(=O)C(Cl)(Cl)c1ccccc1. The highest BCUT2D eigenvalue weighted by Gasteiger charge is 2.37. The van der Waals surface area contributed by atoms with Crippen molar-refractivity contribution < 1.29 is 9.90 Å². The highest BCUT2D eigenvalue weighted by atomic mass is 35.5. The summed E-state index contributed by atoms with van der Waals surface area (Å²) in [6, 6.07) is 8.09. The van der Waals surface area contributed by atoms with Crippen LogP contribution < -0.4 is 0 Å². The summed E-state index contributed by atoms with van der Waals surface area (Å²) in [5.74, 6) is -1.52. The van der Waals surface area contributed by atoms with Gasteiger partial charge in [-0.15, -0.1) is 0 Å². The monoisotopic (exact) mass is 203 g/mol. The normalized spacial score (nSPS) is 11.2. The number of alkyl halides is 2. The van der Waals surface area contributed by atoms with Crippen LogP contribution in [0.3, 0.4) is 0 Å². The van der Waals surface area contributed by atoms with Gasteiger partial charge < -0.3 is 0 Å². The molecule has 0 N–H and O–H groups in total. The van der Waals surface area contributed by atoms with E-state index in [9.17, 15) is 9.90 Å². The number of carbonyl (C=O) groups is 1. The maximum absolute atomic E-state index is 10.4. The molecule has 0 unspecified atom stereocenters. The third kappa shape index (κ3) is 1.71. The lowest BCUT2D eigenvalue weighted by molar-refractivity contribution is -0.144. The van der Waals surface area contributed by atoms with Crippen LogP contribution in [0.2, 0.25) is 0 Å². The summed E-state index contributed by atoms with van der Waals surface area (Å²) in [7, 11) is 0. The summed E-state index contributed by atoms with van der Waals surface area (Å²) in [5, 5.41) is 10.4. The van der Waals surface area contributed by atoms with E-state index >= 15 is 0 Å². The second kappa shape index (κ2) is 3.33. The van der Waals surface area contributed by atoms with E-state index in [0.717, 1.165) is 0 Å². The summed E-state index contributed by atoms with van der Waals surface area (Å²) in [5.41, 5.74) is 0.299. The summed E-state index contributed by atoms with van der Waals surface area (Å²) >= 11 is 11.0. The van der Waals surface area contributed by atoms with Crippen molar-refractivity contribution in [3.8, 4) is 0 Å². The fraction of sp³-hybridized carbons (Fsp3) is 0.125. The molecule has 0 aliphatic carbocycles. The Kier molecular flexibility index (Phi) is 2.60. The predicted molar refractivity (Wildman–Crippen MR) is 45.5 cm³/mol. The summed E-state index contributed by atoms with van der Waals surface area (Å²) < 4.78 is -1.96. The lowest BCUT2D eigenvalue weighted by Crippen LogP contribution is -2.21. The minimum atomic E-state index is -1.96. The first-order valence-corrected chi connectivity index (χ1v) is 3.95. The Morgan fingerprint density at radius 3 is 2.08 bits per heavy atom. The van der Waals surface area contributed by atoms with E-state index in [4.69, 9.17) is 23.2 Å². The van der Waals surface area contributed by atoms with Crippen molar-refractivity contribution in [3.63, 3.8) is 0 Å². The summed E-state index contributed by atoms with van der Waals surface area (Å²) in [6.45, 7) is 0. The molecule has 0 atom stereocenters. The van der Waals surface area contributed by atoms with Crippen molar-refractivity contribution in [2.45, 2.75) is 4.33 Å². The van der Waals surface area contributed by atoms with Gasteiger partial charge in [0, 0.05) is 0 Å². The van der Waals surface area contributed by atoms with E-state index in [1.807, 2.05) is 0 Å². The molecule has 63 valence electrons. The van der Waals surface area contributed by atoms with Crippen LogP contribution in [0.5, 0.6) is 0 Å². The van der Waals surface area contributed by atoms with Crippen LogP contribution in [0.25, 0.3) is 0 Å². The molecule has 12 heavy (non-hydrogen) atoms. The molecule has 0 saturated heterocycles. The van der Waals surface area contributed by atoms with Gasteiger partial charge in [0.1, 0.15) is 0 Å². The van der Waals surface area contributed by atoms with Crippen molar-refractivity contribution in [2.75, 3.05) is 0 Å². The minimum absolute atomic E-state index is 0.299. The predicted octanol–water partition coefficient (Wildman–Crippen LogP) is 2.27. The zero-order valence-electron chi connectivity index (χ0n) is 5.96. The molecule has 0 aliphatic rings. The van der Waals surface area contributed by atoms with Crippen molar-refractivity contribution >= 4 is 29.2 Å². The van der Waals surface area contributed by atoms with Crippen molar-refractivity contribution in [2.24, 2.45) is 0 Å². The van der Waals surface area contributed by atoms with E-state index in [1.54, 1.807) is 18.2 Å². The fourth-order valence-electron chi connectivity index (χ4n) is 0.765. The van der Waals surface area contributed by atoms with E-state index in [1.165, 1.54) is 12.1 Å². The Hall–Kier alpha value is -0.730. The van der Waals surface area contributed by atoms with Crippen LogP contribution in [0.15, 0.2) is 30.3 Å². The summed E-state index contributed by atoms with van der Waals surface area (Å²) in [4.78, 5) is 10.4. The summed E-state index contributed by atoms with van der Waals surface area (Å²) in [6.07, 6.45) is 0. The average molecular weight is 204 g/mol. The Balaban J connectivity index is 3.06. The van der Waals surface area contributed by atoms with Gasteiger partial charge >= 0.3 is 5.97 Å². The highest BCUT2D eigenvalue weighted by molar-refractivity contribution is 6.56. The third-order valence-corrected chi connectivity index (χ3v) is 2.14. The van der Waals surface area contributed by atoms with Gasteiger partial charge in [-0.1, -0.05) is 53.5 Å². The second-order valence-corrected chi connectivity index (χ2v) is 3.56. The average Bonchev–Trinajstić information content (AvgIpc) is 2.06. The van der Waals surface area contributed by atoms with Crippen molar-refractivity contribution in [1.82, 2.24) is 0 Å². The third-order valence-electron chi connectivity index (χ3n) is 1.39. The van der Waals surface area contributed by atoms with E-state index in [0.29, 0.717) is 5.56 Å². The molecule has 1 aromatic rings. The molecular weight excluding hydrogens is 199 g/mol. The van der Waals surface area contributed by atoms with Gasteiger partial charge in [0.25, 0.3) is 0 Å². The highest BCUT2D eigenvalue weighted by Crippen LogP contribution is 2.33. The van der Waals surface area contributed by atoms with Crippen LogP contribution >= 0.6 is 23.2 Å². The second-order valence-electron chi connectivity index (χ2n) is 2.23. The van der Waals surface area contributed by atoms with E-state index < -0.39 is 10.3 Å². The Morgan fingerprint density at radius 1 is 1.17 bits per heavy atom. The topological polar surface area (TPSA) is 37.0 Å². The molecule has 4 heteroatoms. The molecule has 1 aromatic carbocycles. The Bertz CT molecular complexity index is 282. The first kappa shape index (κ1) is 9.36. The van der Waals surface area contributed by atoms with Gasteiger partial charge in [-0.05, 0) is 5.56 Å². The molecule has 0 aliphatic heterocycles. The molecule has 1 rings (SSSR count). The maximum Gasteiger partial charge on any atom is 0.395 e. The molecule has 0 fully saturated rings. The molecule has 0 heterocycles. The Morgan fingerprint density at radius 2 is 1.67 bits per heavy atom. The quantitative estimate of drug-likeness (QED) is 0.680. The van der Waals surface area contributed by atoms with Crippen LogP contribution in [0.4, 0.5) is 0 Å². The first-order chi connectivity index (χ1) is 5.55. The van der Waals surface area contributed by atoms with Crippen molar-refractivity contribution in [3.05, 3.63) is 35.9 Å². The molecule has 0 aromatic heterocycles. The number of halogens is 2. The van der Waals surface area contributed by atoms with Crippen LogP contribution in [0.1, 0.15) is 5.56 Å². The van der Waals surface area contributed by atoms with Crippen LogP contribution in [0, 0.1) is 0 Å². The molecule has 0 spiro atoms.